The van der Waals surface area contributed by atoms with Gasteiger partial charge in [0.05, 0.1) is 16.9 Å². The van der Waals surface area contributed by atoms with E-state index in [1.54, 1.807) is 39.0 Å². The summed E-state index contributed by atoms with van der Waals surface area (Å²) in [6.45, 7) is 17.9. The summed E-state index contributed by atoms with van der Waals surface area (Å²) >= 11 is 0. The van der Waals surface area contributed by atoms with E-state index in [2.05, 4.69) is 52.9 Å². The molecule has 0 saturated heterocycles. The average molecular weight is 813 g/mol. The van der Waals surface area contributed by atoms with Gasteiger partial charge in [-0.15, -0.1) is 0 Å². The number of ether oxygens (including phenoxy) is 3. The number of carbonyl (C=O) groups excluding carboxylic acids is 1. The summed E-state index contributed by atoms with van der Waals surface area (Å²) < 4.78 is 50.2. The van der Waals surface area contributed by atoms with Gasteiger partial charge >= 0.3 is 6.09 Å². The first kappa shape index (κ1) is 44.5. The first-order valence-corrected chi connectivity index (χ1v) is 19.8. The second kappa shape index (κ2) is 18.1. The minimum absolute atomic E-state index is 0.0944. The zero-order chi connectivity index (χ0) is 43.3. The first-order valence-electron chi connectivity index (χ1n) is 19.8. The van der Waals surface area contributed by atoms with Crippen LogP contribution in [0, 0.1) is 23.5 Å². The van der Waals surface area contributed by atoms with Gasteiger partial charge in [0.15, 0.2) is 23.1 Å². The van der Waals surface area contributed by atoms with Crippen LogP contribution in [-0.4, -0.2) is 65.1 Å². The summed E-state index contributed by atoms with van der Waals surface area (Å²) in [6.07, 6.45) is 7.68. The van der Waals surface area contributed by atoms with Crippen molar-refractivity contribution in [2.45, 2.75) is 91.8 Å². The number of benzene rings is 2. The standard InChI is InChI=1S/C25H33FN4O3.C20H25FN4O/c1-16(2)13-25(6,29-23(31)33-24(3,4)5)14-32-20-9-8-17(12-19(20)26)21-18-10-11-30(7)22(18)28-15-27-21;1-13(2)10-20(3,22)11-26-17-6-5-14(9-16(17)21)18-15-7-8-25(4)19(15)24-12-23-18/h8-12,15-16H,13-14H2,1-7H3,(H,29,31);5-9,12-13H,10-11,22H2,1-4H3/t25-;20-/m00/s1. The van der Waals surface area contributed by atoms with Crippen LogP contribution in [0.2, 0.25) is 0 Å². The second-order valence-corrected chi connectivity index (χ2v) is 17.7. The van der Waals surface area contributed by atoms with Gasteiger partial charge in [-0.3, -0.25) is 0 Å². The highest BCUT2D eigenvalue weighted by molar-refractivity contribution is 5.91. The molecule has 6 rings (SSSR count). The van der Waals surface area contributed by atoms with Gasteiger partial charge in [0.1, 0.15) is 42.8 Å². The summed E-state index contributed by atoms with van der Waals surface area (Å²) in [6, 6.07) is 13.5. The van der Waals surface area contributed by atoms with Gasteiger partial charge in [0.2, 0.25) is 0 Å². The number of alkyl carbamates (subject to hydrolysis) is 1. The lowest BCUT2D eigenvalue weighted by Gasteiger charge is -2.33. The predicted octanol–water partition coefficient (Wildman–Crippen LogP) is 9.40. The third-order valence-corrected chi connectivity index (χ3v) is 9.37. The van der Waals surface area contributed by atoms with E-state index < -0.39 is 34.4 Å². The Kier molecular flexibility index (Phi) is 13.6. The number of nitrogens with one attached hydrogen (secondary N) is 1. The van der Waals surface area contributed by atoms with E-state index in [-0.39, 0.29) is 30.6 Å². The van der Waals surface area contributed by atoms with Crippen molar-refractivity contribution < 1.29 is 27.8 Å². The number of amides is 1. The van der Waals surface area contributed by atoms with E-state index in [0.717, 1.165) is 28.5 Å². The molecule has 2 aromatic carbocycles. The number of fused-ring (bicyclic) bond motifs is 2. The molecule has 4 aromatic heterocycles. The summed E-state index contributed by atoms with van der Waals surface area (Å²) in [5, 5.41) is 4.63. The smallest absolute Gasteiger partial charge is 0.408 e. The Bertz CT molecular complexity index is 2380. The van der Waals surface area contributed by atoms with Crippen LogP contribution in [0.4, 0.5) is 13.6 Å². The molecule has 0 aliphatic heterocycles. The number of hydrogen-bond acceptors (Lipinski definition) is 9. The van der Waals surface area contributed by atoms with Gasteiger partial charge in [-0.05, 0) is 108 Å². The number of rotatable bonds is 13. The molecule has 0 unspecified atom stereocenters. The highest BCUT2D eigenvalue weighted by Crippen LogP contribution is 2.32. The van der Waals surface area contributed by atoms with E-state index >= 15 is 0 Å². The Morgan fingerprint density at radius 1 is 0.712 bits per heavy atom. The van der Waals surface area contributed by atoms with Gasteiger partial charge in [0.25, 0.3) is 0 Å². The molecule has 0 aliphatic rings. The summed E-state index contributed by atoms with van der Waals surface area (Å²) in [5.74, 6) is 0.120. The summed E-state index contributed by atoms with van der Waals surface area (Å²) in [5.41, 5.74) is 8.65. The molecule has 14 heteroatoms. The monoisotopic (exact) mass is 812 g/mol. The van der Waals surface area contributed by atoms with Crippen LogP contribution in [0.25, 0.3) is 44.6 Å². The van der Waals surface area contributed by atoms with Crippen molar-refractivity contribution in [2.24, 2.45) is 31.7 Å². The van der Waals surface area contributed by atoms with Crippen LogP contribution in [0.1, 0.15) is 75.2 Å². The number of halogens is 2. The van der Waals surface area contributed by atoms with Crippen LogP contribution in [-0.2, 0) is 18.8 Å². The molecule has 0 bridgehead atoms. The second-order valence-electron chi connectivity index (χ2n) is 17.7. The normalized spacial score (nSPS) is 13.8. The van der Waals surface area contributed by atoms with E-state index in [0.29, 0.717) is 34.9 Å². The molecule has 0 radical (unpaired) electrons. The maximum Gasteiger partial charge on any atom is 0.408 e. The molecule has 0 saturated carbocycles. The minimum Gasteiger partial charge on any atom is -0.489 e. The SMILES string of the molecule is CC(C)C[C@@](C)(COc1ccc(-c2ncnc3c2ccn3C)cc1F)NC(=O)OC(C)(C)C.CC(C)C[C@](C)(N)COc1ccc(-c2ncnc3c2ccn3C)cc1F. The number of hydrogen-bond donors (Lipinski definition) is 2. The highest BCUT2D eigenvalue weighted by Gasteiger charge is 2.31. The van der Waals surface area contributed by atoms with Gasteiger partial charge in [-0.2, -0.15) is 0 Å². The molecule has 12 nitrogen and oxygen atoms in total. The lowest BCUT2D eigenvalue weighted by Crippen LogP contribution is -2.52. The van der Waals surface area contributed by atoms with Gasteiger partial charge < -0.3 is 34.4 Å². The van der Waals surface area contributed by atoms with E-state index in [9.17, 15) is 13.6 Å². The van der Waals surface area contributed by atoms with Crippen molar-refractivity contribution in [3.63, 3.8) is 0 Å². The van der Waals surface area contributed by atoms with Gasteiger partial charge in [-0.25, -0.2) is 33.5 Å². The number of aromatic nitrogens is 6. The third-order valence-electron chi connectivity index (χ3n) is 9.37. The fourth-order valence-corrected chi connectivity index (χ4v) is 7.21. The van der Waals surface area contributed by atoms with Crippen molar-refractivity contribution in [3.05, 3.63) is 85.2 Å². The summed E-state index contributed by atoms with van der Waals surface area (Å²) in [4.78, 5) is 29.6. The van der Waals surface area contributed by atoms with Crippen LogP contribution in [0.5, 0.6) is 11.5 Å². The quantitative estimate of drug-likeness (QED) is 0.117. The zero-order valence-corrected chi connectivity index (χ0v) is 36.1. The molecular weight excluding hydrogens is 755 g/mol. The lowest BCUT2D eigenvalue weighted by molar-refractivity contribution is 0.0406. The van der Waals surface area contributed by atoms with Crippen molar-refractivity contribution in [1.82, 2.24) is 34.4 Å². The lowest BCUT2D eigenvalue weighted by atomic mass is 9.91. The third kappa shape index (κ3) is 11.7. The van der Waals surface area contributed by atoms with Gasteiger partial charge in [0, 0.05) is 53.9 Å². The summed E-state index contributed by atoms with van der Waals surface area (Å²) in [7, 11) is 3.81. The zero-order valence-electron chi connectivity index (χ0n) is 36.1. The Labute approximate surface area is 345 Å². The number of aryl methyl sites for hydroxylation is 2. The number of nitrogens with two attached hydrogens (primary N) is 1. The molecule has 3 N–H and O–H groups in total. The Morgan fingerprint density at radius 3 is 1.59 bits per heavy atom. The van der Waals surface area contributed by atoms with Crippen molar-refractivity contribution in [2.75, 3.05) is 13.2 Å². The minimum atomic E-state index is -0.732. The maximum atomic E-state index is 15.0. The number of carbonyl (C=O) groups is 1. The predicted molar refractivity (Wildman–Crippen MR) is 228 cm³/mol. The van der Waals surface area contributed by atoms with E-state index in [4.69, 9.17) is 19.9 Å². The topological polar surface area (TPSA) is 144 Å². The Hall–Kier alpha value is -5.63. The molecule has 0 fully saturated rings. The fraction of sp³-hybridized carbons (Fsp3) is 0.444. The Balaban J connectivity index is 0.000000230. The van der Waals surface area contributed by atoms with Crippen molar-refractivity contribution in [3.8, 4) is 34.0 Å². The van der Waals surface area contributed by atoms with Crippen LogP contribution in [0.3, 0.4) is 0 Å². The molecule has 4 heterocycles. The van der Waals surface area contributed by atoms with Crippen LogP contribution in [0.15, 0.2) is 73.6 Å². The largest absolute Gasteiger partial charge is 0.489 e. The molecule has 0 aliphatic carbocycles. The average Bonchev–Trinajstić information content (AvgIpc) is 3.71. The molecule has 2 atom stereocenters. The molecular formula is C45H58F2N8O4. The molecule has 6 aromatic rings. The molecule has 1 amide bonds. The van der Waals surface area contributed by atoms with Crippen molar-refractivity contribution in [1.29, 1.82) is 0 Å². The Morgan fingerprint density at radius 2 is 1.17 bits per heavy atom. The van der Waals surface area contributed by atoms with Gasteiger partial charge in [-0.1, -0.05) is 27.7 Å². The van der Waals surface area contributed by atoms with Crippen LogP contribution >= 0.6 is 0 Å². The first-order chi connectivity index (χ1) is 27.6. The van der Waals surface area contributed by atoms with E-state index in [1.165, 1.54) is 24.8 Å². The number of nitrogens with zero attached hydrogens (tertiary/aromatic N) is 6. The van der Waals surface area contributed by atoms with E-state index in [1.807, 2.05) is 67.7 Å². The van der Waals surface area contributed by atoms with Crippen molar-refractivity contribution >= 4 is 28.2 Å². The van der Waals surface area contributed by atoms with Crippen LogP contribution < -0.4 is 20.5 Å². The molecule has 316 valence electrons. The maximum absolute atomic E-state index is 15.0. The molecule has 59 heavy (non-hydrogen) atoms. The fourth-order valence-electron chi connectivity index (χ4n) is 7.21. The molecule has 0 spiro atoms. The highest BCUT2D eigenvalue weighted by atomic mass is 19.1.